The van der Waals surface area contributed by atoms with Gasteiger partial charge in [0.05, 0.1) is 18.2 Å². The van der Waals surface area contributed by atoms with E-state index in [1.807, 2.05) is 12.1 Å². The number of benzene rings is 2. The van der Waals surface area contributed by atoms with Crippen molar-refractivity contribution >= 4 is 11.6 Å². The zero-order valence-corrected chi connectivity index (χ0v) is 11.5. The van der Waals surface area contributed by atoms with Crippen molar-refractivity contribution in [1.82, 2.24) is 0 Å². The van der Waals surface area contributed by atoms with Crippen LogP contribution < -0.4 is 10.5 Å². The summed E-state index contributed by atoms with van der Waals surface area (Å²) >= 11 is 5.97. The molecule has 0 spiro atoms. The van der Waals surface area contributed by atoms with Crippen molar-refractivity contribution in [2.24, 2.45) is 5.73 Å². The molecule has 2 aromatic carbocycles. The van der Waals surface area contributed by atoms with Gasteiger partial charge in [-0.3, -0.25) is 0 Å². The SMILES string of the molecule is COc1cc(C(N)c2ccc(C)c(F)c2)ccc1Cl. The number of nitrogens with two attached hydrogens (primary N) is 1. The quantitative estimate of drug-likeness (QED) is 0.926. The Kier molecular flexibility index (Phi) is 4.08. The molecule has 0 radical (unpaired) electrons. The summed E-state index contributed by atoms with van der Waals surface area (Å²) < 4.78 is 18.7. The summed E-state index contributed by atoms with van der Waals surface area (Å²) in [7, 11) is 1.54. The molecule has 2 aromatic rings. The van der Waals surface area contributed by atoms with Crippen LogP contribution in [0.3, 0.4) is 0 Å². The number of hydrogen-bond acceptors (Lipinski definition) is 2. The molecule has 0 bridgehead atoms. The molecule has 0 amide bonds. The number of ether oxygens (including phenoxy) is 1. The number of methoxy groups -OCH3 is 1. The van der Waals surface area contributed by atoms with Crippen LogP contribution in [0.4, 0.5) is 4.39 Å². The van der Waals surface area contributed by atoms with Gasteiger partial charge in [-0.05, 0) is 41.8 Å². The van der Waals surface area contributed by atoms with Crippen molar-refractivity contribution in [2.75, 3.05) is 7.11 Å². The van der Waals surface area contributed by atoms with Crippen molar-refractivity contribution in [3.63, 3.8) is 0 Å². The van der Waals surface area contributed by atoms with Crippen LogP contribution in [0.1, 0.15) is 22.7 Å². The largest absolute Gasteiger partial charge is 0.495 e. The molecular formula is C15H15ClFNO. The Morgan fingerprint density at radius 2 is 1.79 bits per heavy atom. The van der Waals surface area contributed by atoms with Gasteiger partial charge in [-0.15, -0.1) is 0 Å². The highest BCUT2D eigenvalue weighted by molar-refractivity contribution is 6.32. The molecule has 2 nitrogen and oxygen atoms in total. The van der Waals surface area contributed by atoms with E-state index in [2.05, 4.69) is 0 Å². The maximum absolute atomic E-state index is 13.6. The van der Waals surface area contributed by atoms with E-state index in [4.69, 9.17) is 22.1 Å². The van der Waals surface area contributed by atoms with Crippen LogP contribution in [0.2, 0.25) is 5.02 Å². The minimum Gasteiger partial charge on any atom is -0.495 e. The Hall–Kier alpha value is -1.58. The van der Waals surface area contributed by atoms with Gasteiger partial charge in [-0.25, -0.2) is 4.39 Å². The number of aryl methyl sites for hydroxylation is 1. The third-order valence-corrected chi connectivity index (χ3v) is 3.40. The highest BCUT2D eigenvalue weighted by atomic mass is 35.5. The van der Waals surface area contributed by atoms with E-state index in [-0.39, 0.29) is 5.82 Å². The van der Waals surface area contributed by atoms with E-state index in [1.54, 1.807) is 32.2 Å². The van der Waals surface area contributed by atoms with Gasteiger partial charge in [-0.2, -0.15) is 0 Å². The Morgan fingerprint density at radius 1 is 1.16 bits per heavy atom. The summed E-state index contributed by atoms with van der Waals surface area (Å²) in [4.78, 5) is 0. The molecule has 0 saturated carbocycles. The van der Waals surface area contributed by atoms with Crippen LogP contribution in [0, 0.1) is 12.7 Å². The molecule has 100 valence electrons. The highest BCUT2D eigenvalue weighted by Crippen LogP contribution is 2.29. The zero-order chi connectivity index (χ0) is 14.0. The molecular weight excluding hydrogens is 265 g/mol. The monoisotopic (exact) mass is 279 g/mol. The lowest BCUT2D eigenvalue weighted by molar-refractivity contribution is 0.414. The van der Waals surface area contributed by atoms with E-state index < -0.39 is 6.04 Å². The molecule has 0 aromatic heterocycles. The first kappa shape index (κ1) is 13.8. The highest BCUT2D eigenvalue weighted by Gasteiger charge is 2.12. The molecule has 0 aliphatic heterocycles. The van der Waals surface area contributed by atoms with Crippen molar-refractivity contribution in [2.45, 2.75) is 13.0 Å². The molecule has 4 heteroatoms. The summed E-state index contributed by atoms with van der Waals surface area (Å²) in [5.74, 6) is 0.302. The third-order valence-electron chi connectivity index (χ3n) is 3.09. The average Bonchev–Trinajstić information content (AvgIpc) is 2.41. The van der Waals surface area contributed by atoms with E-state index in [0.717, 1.165) is 5.56 Å². The maximum Gasteiger partial charge on any atom is 0.137 e. The lowest BCUT2D eigenvalue weighted by Gasteiger charge is -2.15. The summed E-state index contributed by atoms with van der Waals surface area (Å²) in [5.41, 5.74) is 8.28. The fraction of sp³-hybridized carbons (Fsp3) is 0.200. The van der Waals surface area contributed by atoms with E-state index in [9.17, 15) is 4.39 Å². The fourth-order valence-electron chi connectivity index (χ4n) is 1.86. The predicted octanol–water partition coefficient (Wildman–Crippen LogP) is 3.84. The smallest absolute Gasteiger partial charge is 0.137 e. The lowest BCUT2D eigenvalue weighted by atomic mass is 9.98. The minimum absolute atomic E-state index is 0.256. The van der Waals surface area contributed by atoms with Gasteiger partial charge < -0.3 is 10.5 Å². The van der Waals surface area contributed by atoms with Crippen LogP contribution in [0.5, 0.6) is 5.75 Å². The van der Waals surface area contributed by atoms with Gasteiger partial charge in [0.2, 0.25) is 0 Å². The minimum atomic E-state index is -0.415. The fourth-order valence-corrected chi connectivity index (χ4v) is 2.06. The molecule has 0 aliphatic carbocycles. The molecule has 0 aliphatic rings. The second-order valence-electron chi connectivity index (χ2n) is 4.38. The molecule has 1 unspecified atom stereocenters. The Morgan fingerprint density at radius 3 is 2.42 bits per heavy atom. The van der Waals surface area contributed by atoms with Crippen LogP contribution in [-0.4, -0.2) is 7.11 Å². The van der Waals surface area contributed by atoms with Gasteiger partial charge in [0, 0.05) is 0 Å². The van der Waals surface area contributed by atoms with E-state index >= 15 is 0 Å². The molecule has 2 N–H and O–H groups in total. The summed E-state index contributed by atoms with van der Waals surface area (Å²) in [6, 6.07) is 9.89. The van der Waals surface area contributed by atoms with Crippen molar-refractivity contribution in [3.8, 4) is 5.75 Å². The molecule has 0 fully saturated rings. The topological polar surface area (TPSA) is 35.2 Å². The first-order valence-corrected chi connectivity index (χ1v) is 6.26. The Labute approximate surface area is 117 Å². The van der Waals surface area contributed by atoms with Gasteiger partial charge >= 0.3 is 0 Å². The number of halogens is 2. The first-order valence-electron chi connectivity index (χ1n) is 5.88. The normalized spacial score (nSPS) is 12.3. The summed E-state index contributed by atoms with van der Waals surface area (Å²) in [5, 5.41) is 0.522. The Balaban J connectivity index is 2.37. The third kappa shape index (κ3) is 2.88. The molecule has 19 heavy (non-hydrogen) atoms. The van der Waals surface area contributed by atoms with Gasteiger partial charge in [-0.1, -0.05) is 29.8 Å². The van der Waals surface area contributed by atoms with Gasteiger partial charge in [0.15, 0.2) is 0 Å². The molecule has 0 saturated heterocycles. The predicted molar refractivity (Wildman–Crippen MR) is 75.2 cm³/mol. The van der Waals surface area contributed by atoms with Crippen molar-refractivity contribution in [3.05, 3.63) is 63.9 Å². The van der Waals surface area contributed by atoms with Crippen LogP contribution in [-0.2, 0) is 0 Å². The second-order valence-corrected chi connectivity index (χ2v) is 4.79. The van der Waals surface area contributed by atoms with Crippen LogP contribution >= 0.6 is 11.6 Å². The first-order chi connectivity index (χ1) is 9.02. The Bertz CT molecular complexity index is 601. The zero-order valence-electron chi connectivity index (χ0n) is 10.8. The van der Waals surface area contributed by atoms with Crippen LogP contribution in [0.25, 0.3) is 0 Å². The maximum atomic E-state index is 13.6. The standard InChI is InChI=1S/C15H15ClFNO/c1-9-3-4-10(7-13(9)17)15(18)11-5-6-12(16)14(8-11)19-2/h3-8,15H,18H2,1-2H3. The number of rotatable bonds is 3. The van der Waals surface area contributed by atoms with Crippen LogP contribution in [0.15, 0.2) is 36.4 Å². The average molecular weight is 280 g/mol. The number of hydrogen-bond donors (Lipinski definition) is 1. The molecule has 1 atom stereocenters. The summed E-state index contributed by atoms with van der Waals surface area (Å²) in [6.07, 6.45) is 0. The van der Waals surface area contributed by atoms with Gasteiger partial charge in [0.25, 0.3) is 0 Å². The molecule has 0 heterocycles. The van der Waals surface area contributed by atoms with Crippen molar-refractivity contribution in [1.29, 1.82) is 0 Å². The van der Waals surface area contributed by atoms with E-state index in [0.29, 0.717) is 21.9 Å². The van der Waals surface area contributed by atoms with Gasteiger partial charge in [0.1, 0.15) is 11.6 Å². The lowest BCUT2D eigenvalue weighted by Crippen LogP contribution is -2.12. The summed E-state index contributed by atoms with van der Waals surface area (Å²) in [6.45, 7) is 1.72. The van der Waals surface area contributed by atoms with E-state index in [1.165, 1.54) is 6.07 Å². The second kappa shape index (κ2) is 5.59. The van der Waals surface area contributed by atoms with Crippen molar-refractivity contribution < 1.29 is 9.13 Å². The molecule has 2 rings (SSSR count).